The molecule has 1 heterocycles. The van der Waals surface area contributed by atoms with Gasteiger partial charge in [-0.15, -0.1) is 0 Å². The smallest absolute Gasteiger partial charge is 0.349 e. The fourth-order valence-corrected chi connectivity index (χ4v) is 3.03. The third-order valence-electron chi connectivity index (χ3n) is 3.08. The number of rotatable bonds is 2. The summed E-state index contributed by atoms with van der Waals surface area (Å²) in [4.78, 5) is 24.3. The molecule has 0 spiro atoms. The third kappa shape index (κ3) is 3.42. The predicted octanol–water partition coefficient (Wildman–Crippen LogP) is 5.11. The second kappa shape index (κ2) is 6.35. The van der Waals surface area contributed by atoms with Gasteiger partial charge in [0.15, 0.2) is 5.58 Å². The molecule has 7 heteroatoms. The molecule has 23 heavy (non-hydrogen) atoms. The average Bonchev–Trinajstić information content (AvgIpc) is 2.47. The van der Waals surface area contributed by atoms with E-state index in [4.69, 9.17) is 27.6 Å². The minimum Gasteiger partial charge on any atom is -0.421 e. The van der Waals surface area contributed by atoms with Crippen LogP contribution in [0.3, 0.4) is 0 Å². The molecule has 3 rings (SSSR count). The fraction of sp³-hybridized carbons (Fsp3) is 0. The van der Waals surface area contributed by atoms with Crippen molar-refractivity contribution >= 4 is 61.7 Å². The maximum atomic E-state index is 12.3. The van der Waals surface area contributed by atoms with Crippen LogP contribution in [0.2, 0.25) is 10.0 Å². The molecule has 0 bridgehead atoms. The van der Waals surface area contributed by atoms with Crippen molar-refractivity contribution in [3.63, 3.8) is 0 Å². The van der Waals surface area contributed by atoms with E-state index in [0.717, 1.165) is 4.47 Å². The van der Waals surface area contributed by atoms with E-state index in [0.29, 0.717) is 16.1 Å². The van der Waals surface area contributed by atoms with Gasteiger partial charge in [0.1, 0.15) is 5.56 Å². The van der Waals surface area contributed by atoms with Crippen LogP contribution in [0.5, 0.6) is 0 Å². The Labute approximate surface area is 149 Å². The zero-order valence-corrected chi connectivity index (χ0v) is 14.5. The summed E-state index contributed by atoms with van der Waals surface area (Å²) >= 11 is 15.2. The highest BCUT2D eigenvalue weighted by Gasteiger charge is 2.16. The Balaban J connectivity index is 2.03. The maximum absolute atomic E-state index is 12.3. The summed E-state index contributed by atoms with van der Waals surface area (Å²) in [6, 6.07) is 11.5. The monoisotopic (exact) mass is 411 g/mol. The summed E-state index contributed by atoms with van der Waals surface area (Å²) in [6.45, 7) is 0. The lowest BCUT2D eigenvalue weighted by Gasteiger charge is -2.06. The van der Waals surface area contributed by atoms with Crippen LogP contribution in [0, 0.1) is 0 Å². The molecule has 4 nitrogen and oxygen atoms in total. The van der Waals surface area contributed by atoms with Crippen molar-refractivity contribution < 1.29 is 9.21 Å². The van der Waals surface area contributed by atoms with E-state index < -0.39 is 11.5 Å². The molecule has 1 amide bonds. The quantitative estimate of drug-likeness (QED) is 0.594. The summed E-state index contributed by atoms with van der Waals surface area (Å²) in [6.07, 6.45) is 0. The van der Waals surface area contributed by atoms with Crippen molar-refractivity contribution in [1.82, 2.24) is 0 Å². The number of carbonyl (C=O) groups excluding carboxylic acids is 1. The van der Waals surface area contributed by atoms with Crippen molar-refractivity contribution in [3.8, 4) is 0 Å². The summed E-state index contributed by atoms with van der Waals surface area (Å²) in [5, 5.41) is 3.71. The molecule has 0 aliphatic carbocycles. The first-order chi connectivity index (χ1) is 10.9. The van der Waals surface area contributed by atoms with Crippen LogP contribution in [0.1, 0.15) is 10.4 Å². The van der Waals surface area contributed by atoms with Crippen molar-refractivity contribution in [1.29, 1.82) is 0 Å². The van der Waals surface area contributed by atoms with Crippen LogP contribution in [0.4, 0.5) is 5.69 Å². The molecule has 0 radical (unpaired) electrons. The van der Waals surface area contributed by atoms with Gasteiger partial charge in [0, 0.05) is 20.6 Å². The number of benzene rings is 2. The van der Waals surface area contributed by atoms with E-state index in [2.05, 4.69) is 21.2 Å². The van der Waals surface area contributed by atoms with E-state index in [-0.39, 0.29) is 16.2 Å². The van der Waals surface area contributed by atoms with Gasteiger partial charge in [-0.2, -0.15) is 0 Å². The largest absolute Gasteiger partial charge is 0.421 e. The number of nitrogens with one attached hydrogen (secondary N) is 1. The summed E-state index contributed by atoms with van der Waals surface area (Å²) in [5.41, 5.74) is -0.155. The molecule has 3 aromatic rings. The minimum atomic E-state index is -0.769. The summed E-state index contributed by atoms with van der Waals surface area (Å²) < 4.78 is 5.95. The molecule has 0 unspecified atom stereocenters. The van der Waals surface area contributed by atoms with Gasteiger partial charge < -0.3 is 9.73 Å². The van der Waals surface area contributed by atoms with Crippen LogP contribution in [-0.2, 0) is 0 Å². The fourth-order valence-electron chi connectivity index (χ4n) is 2.08. The lowest BCUT2D eigenvalue weighted by Crippen LogP contribution is -2.20. The Hall–Kier alpha value is -1.82. The van der Waals surface area contributed by atoms with Crippen LogP contribution in [0.25, 0.3) is 11.0 Å². The first kappa shape index (κ1) is 16.1. The molecule has 1 N–H and O–H groups in total. The van der Waals surface area contributed by atoms with Crippen LogP contribution < -0.4 is 10.9 Å². The Kier molecular flexibility index (Phi) is 4.43. The van der Waals surface area contributed by atoms with Crippen LogP contribution in [-0.4, -0.2) is 5.91 Å². The number of hydrogen-bond donors (Lipinski definition) is 1. The van der Waals surface area contributed by atoms with Crippen molar-refractivity contribution in [3.05, 3.63) is 73.0 Å². The second-order valence-electron chi connectivity index (χ2n) is 4.72. The second-order valence-corrected chi connectivity index (χ2v) is 6.48. The molecule has 0 saturated heterocycles. The van der Waals surface area contributed by atoms with Gasteiger partial charge in [0.25, 0.3) is 5.91 Å². The molecular weight excluding hydrogens is 405 g/mol. The van der Waals surface area contributed by atoms with Gasteiger partial charge in [-0.05, 0) is 36.4 Å². The number of hydrogen-bond acceptors (Lipinski definition) is 3. The molecule has 0 aliphatic heterocycles. The van der Waals surface area contributed by atoms with Gasteiger partial charge in [0.2, 0.25) is 0 Å². The Bertz CT molecular complexity index is 985. The molecule has 1 aromatic heterocycles. The number of amides is 1. The third-order valence-corrected chi connectivity index (χ3v) is 4.07. The Morgan fingerprint density at radius 2 is 1.91 bits per heavy atom. The van der Waals surface area contributed by atoms with E-state index in [9.17, 15) is 9.59 Å². The lowest BCUT2D eigenvalue weighted by molar-refractivity contribution is 0.102. The summed E-state index contributed by atoms with van der Waals surface area (Å²) in [5.74, 6) is -0.574. The number of anilines is 1. The first-order valence-electron chi connectivity index (χ1n) is 6.44. The molecule has 0 atom stereocenters. The van der Waals surface area contributed by atoms with Gasteiger partial charge >= 0.3 is 5.63 Å². The summed E-state index contributed by atoms with van der Waals surface area (Å²) in [7, 11) is 0. The Morgan fingerprint density at radius 3 is 2.65 bits per heavy atom. The predicted molar refractivity (Wildman–Crippen MR) is 94.6 cm³/mol. The highest BCUT2D eigenvalue weighted by atomic mass is 79.9. The molecular formula is C16H8BrCl2NO3. The normalized spacial score (nSPS) is 10.7. The van der Waals surface area contributed by atoms with Crippen molar-refractivity contribution in [2.75, 3.05) is 5.32 Å². The van der Waals surface area contributed by atoms with E-state index in [1.165, 1.54) is 12.1 Å². The zero-order chi connectivity index (χ0) is 16.6. The number of halogens is 3. The van der Waals surface area contributed by atoms with E-state index in [1.807, 2.05) is 6.07 Å². The molecule has 0 fully saturated rings. The van der Waals surface area contributed by atoms with Crippen molar-refractivity contribution in [2.24, 2.45) is 0 Å². The van der Waals surface area contributed by atoms with Crippen molar-refractivity contribution in [2.45, 2.75) is 0 Å². The molecule has 0 saturated carbocycles. The van der Waals surface area contributed by atoms with Crippen LogP contribution in [0.15, 0.2) is 56.1 Å². The highest BCUT2D eigenvalue weighted by molar-refractivity contribution is 9.10. The SMILES string of the molecule is O=C(Nc1cccc(Br)c1)c1cc2cc(Cl)cc(Cl)c2oc1=O. The lowest BCUT2D eigenvalue weighted by atomic mass is 10.1. The first-order valence-corrected chi connectivity index (χ1v) is 7.99. The van der Waals surface area contributed by atoms with E-state index >= 15 is 0 Å². The average molecular weight is 413 g/mol. The topological polar surface area (TPSA) is 59.3 Å². The standard InChI is InChI=1S/C16H8BrCl2NO3/c17-9-2-1-3-11(6-9)20-15(21)12-5-8-4-10(18)7-13(19)14(8)23-16(12)22/h1-7H,(H,20,21). The minimum absolute atomic E-state index is 0.129. The van der Waals surface area contributed by atoms with Gasteiger partial charge in [-0.3, -0.25) is 4.79 Å². The molecule has 116 valence electrons. The van der Waals surface area contributed by atoms with Gasteiger partial charge in [-0.1, -0.05) is 45.2 Å². The van der Waals surface area contributed by atoms with Gasteiger partial charge in [-0.25, -0.2) is 4.79 Å². The van der Waals surface area contributed by atoms with E-state index in [1.54, 1.807) is 24.3 Å². The number of fused-ring (bicyclic) bond motifs is 1. The highest BCUT2D eigenvalue weighted by Crippen LogP contribution is 2.27. The molecule has 2 aromatic carbocycles. The van der Waals surface area contributed by atoms with Gasteiger partial charge in [0.05, 0.1) is 5.02 Å². The maximum Gasteiger partial charge on any atom is 0.349 e. The number of carbonyl (C=O) groups is 1. The van der Waals surface area contributed by atoms with Crippen LogP contribution >= 0.6 is 39.1 Å². The Morgan fingerprint density at radius 1 is 1.13 bits per heavy atom. The molecule has 0 aliphatic rings. The zero-order valence-electron chi connectivity index (χ0n) is 11.4.